The summed E-state index contributed by atoms with van der Waals surface area (Å²) in [5, 5.41) is 36.1. The van der Waals surface area contributed by atoms with Crippen LogP contribution in [-0.4, -0.2) is 97.9 Å². The number of pyridine rings is 2. The lowest BCUT2D eigenvalue weighted by atomic mass is 10.1. The number of nitrogens with two attached hydrogens (primary N) is 1. The molecule has 1 unspecified atom stereocenters. The maximum absolute atomic E-state index is 10.8. The molecule has 16 nitrogen and oxygen atoms in total. The number of hydrogen-bond donors (Lipinski definition) is 5. The quantitative estimate of drug-likeness (QED) is 0.156. The Labute approximate surface area is 233 Å². The number of rotatable bonds is 11. The number of anilines is 1. The van der Waals surface area contributed by atoms with E-state index in [0.717, 1.165) is 12.8 Å². The van der Waals surface area contributed by atoms with Crippen LogP contribution in [0.2, 0.25) is 0 Å². The van der Waals surface area contributed by atoms with Crippen LogP contribution in [0.15, 0.2) is 30.7 Å². The summed E-state index contributed by atoms with van der Waals surface area (Å²) in [6.45, 7) is 2.09. The lowest BCUT2D eigenvalue weighted by Crippen LogP contribution is -2.31. The van der Waals surface area contributed by atoms with Gasteiger partial charge in [-0.2, -0.15) is 5.26 Å². The SMILES string of the molecule is N#Cc1ccc(-n2cnc3cc(OCCOCCC(N)C(=O)O)c(NC4CCOCC4)nc32)nc1.O=C(O)C(=O)O. The Morgan fingerprint density at radius 2 is 1.88 bits per heavy atom. The number of carboxylic acids is 3. The number of carboxylic acid groups (broad SMARTS) is 3. The number of nitrogens with zero attached hydrogens (tertiary/aromatic N) is 5. The van der Waals surface area contributed by atoms with Crippen LogP contribution < -0.4 is 15.8 Å². The van der Waals surface area contributed by atoms with E-state index in [1.807, 2.05) is 6.07 Å². The Morgan fingerprint density at radius 1 is 1.15 bits per heavy atom. The molecule has 3 aromatic heterocycles. The molecular weight excluding hydrogens is 542 g/mol. The third kappa shape index (κ3) is 9.10. The number of fused-ring (bicyclic) bond motifs is 1. The molecule has 16 heteroatoms. The summed E-state index contributed by atoms with van der Waals surface area (Å²) >= 11 is 0. The van der Waals surface area contributed by atoms with Crippen molar-refractivity contribution in [2.45, 2.75) is 31.3 Å². The Balaban J connectivity index is 0.000000696. The highest BCUT2D eigenvalue weighted by Crippen LogP contribution is 2.29. The van der Waals surface area contributed by atoms with Crippen LogP contribution >= 0.6 is 0 Å². The van der Waals surface area contributed by atoms with Crippen molar-refractivity contribution in [2.24, 2.45) is 5.73 Å². The number of nitriles is 1. The van der Waals surface area contributed by atoms with Crippen LogP contribution in [0.1, 0.15) is 24.8 Å². The van der Waals surface area contributed by atoms with Crippen molar-refractivity contribution in [3.8, 4) is 17.6 Å². The van der Waals surface area contributed by atoms with Crippen molar-refractivity contribution in [2.75, 3.05) is 38.4 Å². The van der Waals surface area contributed by atoms with Gasteiger partial charge in [0.1, 0.15) is 36.4 Å². The summed E-state index contributed by atoms with van der Waals surface area (Å²) in [4.78, 5) is 42.6. The second-order valence-corrected chi connectivity index (χ2v) is 8.64. The highest BCUT2D eigenvalue weighted by Gasteiger charge is 2.19. The number of carbonyl (C=O) groups is 3. The molecule has 1 aliphatic heterocycles. The molecule has 0 bridgehead atoms. The largest absolute Gasteiger partial charge is 0.487 e. The minimum absolute atomic E-state index is 0.189. The van der Waals surface area contributed by atoms with Crippen molar-refractivity contribution in [3.63, 3.8) is 0 Å². The van der Waals surface area contributed by atoms with Gasteiger partial charge in [-0.05, 0) is 31.4 Å². The molecule has 0 aliphatic carbocycles. The maximum Gasteiger partial charge on any atom is 0.414 e. The molecule has 41 heavy (non-hydrogen) atoms. The monoisotopic (exact) mass is 571 g/mol. The van der Waals surface area contributed by atoms with E-state index in [1.54, 1.807) is 23.0 Å². The van der Waals surface area contributed by atoms with Gasteiger partial charge < -0.3 is 40.6 Å². The molecule has 1 fully saturated rings. The van der Waals surface area contributed by atoms with Crippen LogP contribution in [0.4, 0.5) is 5.82 Å². The fourth-order valence-electron chi connectivity index (χ4n) is 3.58. The van der Waals surface area contributed by atoms with Crippen LogP contribution in [0, 0.1) is 11.3 Å². The molecule has 218 valence electrons. The molecular formula is C25H29N7O9. The minimum Gasteiger partial charge on any atom is -0.487 e. The normalized spacial score (nSPS) is 13.9. The molecule has 0 spiro atoms. The summed E-state index contributed by atoms with van der Waals surface area (Å²) in [7, 11) is 0. The third-order valence-electron chi connectivity index (χ3n) is 5.73. The smallest absolute Gasteiger partial charge is 0.414 e. The summed E-state index contributed by atoms with van der Waals surface area (Å²) in [5.74, 6) is -2.99. The van der Waals surface area contributed by atoms with Gasteiger partial charge in [-0.1, -0.05) is 0 Å². The highest BCUT2D eigenvalue weighted by molar-refractivity contribution is 6.27. The number of hydrogen-bond acceptors (Lipinski definition) is 12. The molecule has 3 aromatic rings. The van der Waals surface area contributed by atoms with Gasteiger partial charge in [0.15, 0.2) is 17.2 Å². The van der Waals surface area contributed by atoms with Gasteiger partial charge in [-0.25, -0.2) is 24.5 Å². The Morgan fingerprint density at radius 3 is 2.49 bits per heavy atom. The van der Waals surface area contributed by atoms with Gasteiger partial charge in [0.2, 0.25) is 0 Å². The second-order valence-electron chi connectivity index (χ2n) is 8.64. The van der Waals surface area contributed by atoms with Crippen LogP contribution in [-0.2, 0) is 23.9 Å². The van der Waals surface area contributed by atoms with E-state index in [0.29, 0.717) is 47.3 Å². The van der Waals surface area contributed by atoms with E-state index in [4.69, 9.17) is 55.1 Å². The lowest BCUT2D eigenvalue weighted by molar-refractivity contribution is -0.159. The first-order valence-corrected chi connectivity index (χ1v) is 12.4. The van der Waals surface area contributed by atoms with E-state index in [1.165, 1.54) is 6.20 Å². The van der Waals surface area contributed by atoms with E-state index in [2.05, 4.69) is 21.4 Å². The van der Waals surface area contributed by atoms with Gasteiger partial charge in [0.25, 0.3) is 0 Å². The van der Waals surface area contributed by atoms with E-state index in [9.17, 15) is 4.79 Å². The molecule has 0 aromatic carbocycles. The highest BCUT2D eigenvalue weighted by atomic mass is 16.5. The predicted octanol–water partition coefficient (Wildman–Crippen LogP) is 0.631. The van der Waals surface area contributed by atoms with Gasteiger partial charge in [-0.15, -0.1) is 0 Å². The Kier molecular flexibility index (Phi) is 11.3. The van der Waals surface area contributed by atoms with Gasteiger partial charge >= 0.3 is 17.9 Å². The number of nitrogens with one attached hydrogen (secondary N) is 1. The van der Waals surface area contributed by atoms with Crippen LogP contribution in [0.3, 0.4) is 0 Å². The number of ether oxygens (including phenoxy) is 3. The Hall–Kier alpha value is -4.85. The van der Waals surface area contributed by atoms with E-state index < -0.39 is 23.9 Å². The second kappa shape index (κ2) is 15.1. The molecule has 0 radical (unpaired) electrons. The van der Waals surface area contributed by atoms with Gasteiger partial charge in [0.05, 0.1) is 12.2 Å². The number of imidazole rings is 1. The molecule has 4 heterocycles. The van der Waals surface area contributed by atoms with Crippen LogP contribution in [0.25, 0.3) is 17.0 Å². The fraction of sp³-hybridized carbons (Fsp3) is 0.400. The molecule has 6 N–H and O–H groups in total. The van der Waals surface area contributed by atoms with Crippen molar-refractivity contribution in [1.29, 1.82) is 5.26 Å². The van der Waals surface area contributed by atoms with Crippen LogP contribution in [0.5, 0.6) is 5.75 Å². The molecule has 4 rings (SSSR count). The first-order valence-electron chi connectivity index (χ1n) is 12.4. The zero-order chi connectivity index (χ0) is 29.8. The van der Waals surface area contributed by atoms with Gasteiger partial charge in [0, 0.05) is 38.1 Å². The summed E-state index contributed by atoms with van der Waals surface area (Å²) in [5.41, 5.74) is 7.17. The summed E-state index contributed by atoms with van der Waals surface area (Å²) in [6.07, 6.45) is 5.05. The molecule has 1 saturated heterocycles. The fourth-order valence-corrected chi connectivity index (χ4v) is 3.58. The minimum atomic E-state index is -1.82. The summed E-state index contributed by atoms with van der Waals surface area (Å²) < 4.78 is 18.6. The van der Waals surface area contributed by atoms with Crippen molar-refractivity contribution >= 4 is 34.9 Å². The first-order chi connectivity index (χ1) is 19.7. The van der Waals surface area contributed by atoms with Crippen molar-refractivity contribution in [1.82, 2.24) is 19.5 Å². The average molecular weight is 572 g/mol. The van der Waals surface area contributed by atoms with Gasteiger partial charge in [-0.3, -0.25) is 9.36 Å². The predicted molar refractivity (Wildman–Crippen MR) is 141 cm³/mol. The third-order valence-corrected chi connectivity index (χ3v) is 5.73. The molecule has 1 aliphatic rings. The number of aromatic nitrogens is 4. The molecule has 1 atom stereocenters. The summed E-state index contributed by atoms with van der Waals surface area (Å²) in [6, 6.07) is 6.54. The maximum atomic E-state index is 10.8. The van der Waals surface area contributed by atoms with Crippen molar-refractivity contribution < 1.29 is 43.9 Å². The standard InChI is InChI=1S/C23H27N7O5.C2H2O4/c24-12-15-1-2-20(26-13-15)30-14-27-18-11-19(35-10-9-34-8-5-17(25)23(31)32)21(29-22(18)30)28-16-3-6-33-7-4-16;3-1(4)2(5)6/h1-2,11,13-14,16-17H,3-10,25H2,(H,28,29)(H,31,32);(H,3,4)(H,5,6). The zero-order valence-electron chi connectivity index (χ0n) is 21.8. The number of aliphatic carboxylic acids is 3. The average Bonchev–Trinajstić information content (AvgIpc) is 3.38. The lowest BCUT2D eigenvalue weighted by Gasteiger charge is -2.24. The first kappa shape index (κ1) is 30.7. The van der Waals surface area contributed by atoms with Crippen molar-refractivity contribution in [3.05, 3.63) is 36.3 Å². The Bertz CT molecular complexity index is 1370. The van der Waals surface area contributed by atoms with E-state index in [-0.39, 0.29) is 32.3 Å². The molecule has 0 amide bonds. The molecule has 0 saturated carbocycles. The zero-order valence-corrected chi connectivity index (χ0v) is 21.8. The topological polar surface area (TPSA) is 245 Å². The van der Waals surface area contributed by atoms with E-state index >= 15 is 0 Å².